The molecule has 2 aromatic carbocycles. The molecule has 0 radical (unpaired) electrons. The van der Waals surface area contributed by atoms with Crippen molar-refractivity contribution in [3.8, 4) is 11.5 Å². The van der Waals surface area contributed by atoms with Gasteiger partial charge in [-0.05, 0) is 42.1 Å². The van der Waals surface area contributed by atoms with Crippen molar-refractivity contribution in [2.45, 2.75) is 56.0 Å². The summed E-state index contributed by atoms with van der Waals surface area (Å²) in [5.41, 5.74) is 2.44. The van der Waals surface area contributed by atoms with Crippen LogP contribution in [0.1, 0.15) is 42.7 Å². The van der Waals surface area contributed by atoms with Crippen LogP contribution < -0.4 is 14.4 Å². The molecule has 450 valence electrons. The molecule has 5 aromatic rings. The lowest BCUT2D eigenvalue weighted by Crippen LogP contribution is -2.45. The van der Waals surface area contributed by atoms with Crippen LogP contribution in [-0.2, 0) is 65.3 Å². The molecule has 2 atom stereocenters. The molecule has 0 aliphatic carbocycles. The molecule has 2 aliphatic heterocycles. The average Bonchev–Trinajstić information content (AvgIpc) is 4.43. The van der Waals surface area contributed by atoms with Crippen molar-refractivity contribution in [2.24, 2.45) is 0 Å². The number of carbonyl (C=O) groups is 1. The van der Waals surface area contributed by atoms with Gasteiger partial charge >= 0.3 is 0 Å². The molecule has 0 spiro atoms. The first kappa shape index (κ1) is 65.3. The maximum Gasteiger partial charge on any atom is 0.226 e. The molecule has 2 unspecified atom stereocenters. The number of aldehydes is 1. The summed E-state index contributed by atoms with van der Waals surface area (Å²) in [6.07, 6.45) is 5.01. The zero-order valence-corrected chi connectivity index (χ0v) is 46.6. The number of benzene rings is 2. The van der Waals surface area contributed by atoms with Gasteiger partial charge in [0.15, 0.2) is 34.6 Å². The number of fused-ring (bicyclic) bond motifs is 1. The van der Waals surface area contributed by atoms with Crippen molar-refractivity contribution in [3.05, 3.63) is 82.8 Å². The first-order valence-corrected chi connectivity index (χ1v) is 27.8. The van der Waals surface area contributed by atoms with Crippen LogP contribution in [0.15, 0.2) is 48.8 Å². The molecule has 4 N–H and O–H groups in total. The summed E-state index contributed by atoms with van der Waals surface area (Å²) in [6, 6.07) is 9.17. The van der Waals surface area contributed by atoms with Crippen LogP contribution >= 0.6 is 20.0 Å². The third-order valence-electron chi connectivity index (χ3n) is 12.3. The van der Waals surface area contributed by atoms with Crippen LogP contribution in [0.5, 0.6) is 11.5 Å². The molecule has 2 fully saturated rings. The monoisotopic (exact) mass is 1190 g/mol. The van der Waals surface area contributed by atoms with Gasteiger partial charge in [0, 0.05) is 37.6 Å². The number of ether oxygens (including phenoxy) is 12. The number of aromatic nitrogens is 7. The van der Waals surface area contributed by atoms with Gasteiger partial charge < -0.3 is 86.5 Å². The van der Waals surface area contributed by atoms with Gasteiger partial charge in [-0.15, -0.1) is 5.10 Å². The number of anilines is 1. The maximum absolute atomic E-state index is 12.5. The van der Waals surface area contributed by atoms with E-state index in [9.17, 15) is 38.0 Å². The minimum absolute atomic E-state index is 0.0552. The van der Waals surface area contributed by atoms with E-state index in [1.807, 2.05) is 18.3 Å². The summed E-state index contributed by atoms with van der Waals surface area (Å²) in [5, 5.41) is 31.0. The van der Waals surface area contributed by atoms with E-state index < -0.39 is 62.5 Å². The first-order chi connectivity index (χ1) is 39.5. The molecular weight excluding hydrogens is 1120 g/mol. The molecule has 0 amide bonds. The Morgan fingerprint density at radius 1 is 0.778 bits per heavy atom. The maximum atomic E-state index is 12.5. The molecule has 7 rings (SSSR count). The lowest BCUT2D eigenvalue weighted by molar-refractivity contribution is -0.109. The highest BCUT2D eigenvalue weighted by molar-refractivity contribution is 7.46. The second kappa shape index (κ2) is 36.0. The van der Waals surface area contributed by atoms with Gasteiger partial charge in [0.1, 0.15) is 36.0 Å². The quantitative estimate of drug-likeness (QED) is 0.0188. The molecule has 3 aromatic heterocycles. The Morgan fingerprint density at radius 3 is 1.94 bits per heavy atom. The lowest BCUT2D eigenvalue weighted by Gasteiger charge is -2.40. The van der Waals surface area contributed by atoms with Crippen molar-refractivity contribution in [2.75, 3.05) is 151 Å². The number of methoxy groups -OCH3 is 1. The van der Waals surface area contributed by atoms with Gasteiger partial charge in [-0.2, -0.15) is 15.1 Å². The summed E-state index contributed by atoms with van der Waals surface area (Å²) in [4.78, 5) is 40.7. The predicted molar refractivity (Wildman–Crippen MR) is 284 cm³/mol. The lowest BCUT2D eigenvalue weighted by atomic mass is 9.91. The Kier molecular flexibility index (Phi) is 29.0. The van der Waals surface area contributed by atoms with E-state index in [1.165, 1.54) is 5.56 Å². The number of aliphatic hydroxyl groups is 2. The van der Waals surface area contributed by atoms with Crippen LogP contribution in [0.25, 0.3) is 11.0 Å². The molecule has 0 saturated carbocycles. The average molecular weight is 1190 g/mol. The topological polar surface area (TPSA) is 286 Å². The molecule has 2 saturated heterocycles. The number of halogens is 4. The number of rotatable bonds is 40. The number of hydrogen-bond donors (Lipinski definition) is 4. The molecular formula is C51H71ClF3N8O17P. The Bertz CT molecular complexity index is 2550. The van der Waals surface area contributed by atoms with Crippen LogP contribution in [0.2, 0.25) is 5.28 Å². The van der Waals surface area contributed by atoms with Crippen molar-refractivity contribution in [1.29, 1.82) is 0 Å². The van der Waals surface area contributed by atoms with E-state index in [0.29, 0.717) is 162 Å². The molecule has 5 heterocycles. The molecule has 30 heteroatoms. The summed E-state index contributed by atoms with van der Waals surface area (Å²) in [6.45, 7) is 7.97. The fourth-order valence-electron chi connectivity index (χ4n) is 7.94. The number of aliphatic hydroxyl groups excluding tert-OH is 2. The highest BCUT2D eigenvalue weighted by Gasteiger charge is 2.41. The minimum Gasteiger partial charge on any atom is -0.491 e. The highest BCUT2D eigenvalue weighted by atomic mass is 35.5. The second-order valence-corrected chi connectivity index (χ2v) is 19.7. The Labute approximate surface area is 472 Å². The van der Waals surface area contributed by atoms with Gasteiger partial charge in [-0.3, -0.25) is 0 Å². The second-order valence-electron chi connectivity index (χ2n) is 18.0. The summed E-state index contributed by atoms with van der Waals surface area (Å²) in [7, 11) is -1.63. The van der Waals surface area contributed by atoms with Gasteiger partial charge in [0.05, 0.1) is 163 Å². The fraction of sp³-hybridized carbons (Fsp3) is 0.608. The van der Waals surface area contributed by atoms with Crippen molar-refractivity contribution >= 4 is 43.1 Å². The molecule has 25 nitrogen and oxygen atoms in total. The van der Waals surface area contributed by atoms with Crippen molar-refractivity contribution in [1.82, 2.24) is 34.7 Å². The van der Waals surface area contributed by atoms with Crippen LogP contribution in [0.3, 0.4) is 0 Å². The highest BCUT2D eigenvalue weighted by Crippen LogP contribution is 2.43. The Hall–Kier alpha value is -4.85. The Balaban J connectivity index is 0.000000857. The zero-order chi connectivity index (χ0) is 57.7. The predicted octanol–water partition coefficient (Wildman–Crippen LogP) is 3.76. The van der Waals surface area contributed by atoms with E-state index in [4.69, 9.17) is 63.7 Å². The van der Waals surface area contributed by atoms with E-state index >= 15 is 0 Å². The van der Waals surface area contributed by atoms with E-state index in [2.05, 4.69) is 47.1 Å². The van der Waals surface area contributed by atoms with Gasteiger partial charge in [0.2, 0.25) is 13.7 Å². The summed E-state index contributed by atoms with van der Waals surface area (Å²) in [5.74, 6) is -1.87. The summed E-state index contributed by atoms with van der Waals surface area (Å²) >= 11 is 6.41. The van der Waals surface area contributed by atoms with Crippen LogP contribution in [-0.4, -0.2) is 218 Å². The smallest absolute Gasteiger partial charge is 0.226 e. The van der Waals surface area contributed by atoms with Crippen LogP contribution in [0, 0.1) is 17.5 Å². The molecule has 2 aliphatic rings. The standard InChI is InChI=1S/C44H66ClN8O16P.C7H5F3O/c45-43-47-41(39-26-46-53(42(39)48-43)40-7-6-38(69-40)31-68-44(32-55,33-56)70(57)58)51-27-35(28-51)34-2-4-37(5-3-34)67-25-24-65-21-20-63-18-19-64-22-23-66-30-36-29-52(50-49-36)8-11-60-13-15-62-17-16-61-14-12-59-10-1-9-54;1-11-7-5(9)2-4(8)3-6(7)10/h2-5,9,26,29,35,38,40,55-58H,1,6-8,10-25,27-28,30-33H2;2-3H,1H3. The van der Waals surface area contributed by atoms with E-state index in [-0.39, 0.29) is 17.8 Å². The van der Waals surface area contributed by atoms with Gasteiger partial charge in [0.25, 0.3) is 0 Å². The zero-order valence-electron chi connectivity index (χ0n) is 44.9. The van der Waals surface area contributed by atoms with E-state index in [0.717, 1.165) is 43.3 Å². The molecule has 0 bridgehead atoms. The third-order valence-corrected chi connectivity index (χ3v) is 13.6. The van der Waals surface area contributed by atoms with Gasteiger partial charge in [-0.25, -0.2) is 22.5 Å². The first-order valence-electron chi connectivity index (χ1n) is 26.2. The summed E-state index contributed by atoms with van der Waals surface area (Å²) < 4.78 is 107. The minimum atomic E-state index is -2.74. The number of hydrogen-bond acceptors (Lipinski definition) is 23. The normalized spacial score (nSPS) is 15.6. The Morgan fingerprint density at radius 2 is 1.36 bits per heavy atom. The van der Waals surface area contributed by atoms with Crippen molar-refractivity contribution in [3.63, 3.8) is 0 Å². The number of nitrogens with zero attached hydrogens (tertiary/aromatic N) is 8. The van der Waals surface area contributed by atoms with Gasteiger partial charge in [-0.1, -0.05) is 17.3 Å². The van der Waals surface area contributed by atoms with Crippen LogP contribution in [0.4, 0.5) is 19.0 Å². The largest absolute Gasteiger partial charge is 0.491 e. The number of carbonyl (C=O) groups excluding carboxylic acids is 1. The SMILES string of the molecule is COc1c(F)cc(F)cc1F.O=CCCOCCOCCOCCOCCn1cc(COCCOCCOCCOCCOc2ccc(C3CN(c4nc(Cl)nc5c4cnn5C4CCC(COC(CO)(CO)P(O)O)O4)C3)cc2)nn1. The van der Waals surface area contributed by atoms with E-state index in [1.54, 1.807) is 15.6 Å². The fourth-order valence-corrected chi connectivity index (χ4v) is 8.55. The third kappa shape index (κ3) is 21.4. The molecule has 81 heavy (non-hydrogen) atoms. The van der Waals surface area contributed by atoms with Crippen molar-refractivity contribution < 1.29 is 94.8 Å².